The van der Waals surface area contributed by atoms with E-state index in [4.69, 9.17) is 0 Å². The standard InChI is InChI=1S/C23H39N/c1-9-14-20(12-4)19-21(15-10-2)16-17-22(24(8)13-5)23(6,7)18-11-3/h11-12,16-17,19H,3-4,9-10,13-15,18H2,1-2,5-8H3/b20-19-,21-16+,22-17-. The molecule has 24 heavy (non-hydrogen) atoms. The van der Waals surface area contributed by atoms with E-state index in [1.54, 1.807) is 0 Å². The zero-order chi connectivity index (χ0) is 18.6. The third-order valence-electron chi connectivity index (χ3n) is 4.40. The summed E-state index contributed by atoms with van der Waals surface area (Å²) < 4.78 is 0. The Morgan fingerprint density at radius 3 is 2.00 bits per heavy atom. The molecule has 0 saturated carbocycles. The van der Waals surface area contributed by atoms with E-state index in [1.807, 2.05) is 12.2 Å². The number of hydrogen-bond acceptors (Lipinski definition) is 1. The minimum absolute atomic E-state index is 0.0920. The highest BCUT2D eigenvalue weighted by Crippen LogP contribution is 2.32. The van der Waals surface area contributed by atoms with Crippen molar-refractivity contribution in [3.05, 3.63) is 60.4 Å². The van der Waals surface area contributed by atoms with Gasteiger partial charge in [-0.25, -0.2) is 0 Å². The first-order valence-electron chi connectivity index (χ1n) is 9.42. The van der Waals surface area contributed by atoms with E-state index < -0.39 is 0 Å². The maximum Gasteiger partial charge on any atom is 0.0190 e. The minimum atomic E-state index is 0.0920. The molecule has 0 saturated heterocycles. The van der Waals surface area contributed by atoms with Crippen LogP contribution in [0.2, 0.25) is 0 Å². The van der Waals surface area contributed by atoms with Crippen LogP contribution < -0.4 is 0 Å². The van der Waals surface area contributed by atoms with E-state index in [1.165, 1.54) is 16.8 Å². The Morgan fingerprint density at radius 1 is 0.958 bits per heavy atom. The average molecular weight is 330 g/mol. The first kappa shape index (κ1) is 22.5. The monoisotopic (exact) mass is 329 g/mol. The molecule has 0 aliphatic heterocycles. The van der Waals surface area contributed by atoms with Gasteiger partial charge in [0.25, 0.3) is 0 Å². The van der Waals surface area contributed by atoms with E-state index in [-0.39, 0.29) is 5.41 Å². The Bertz CT molecular complexity index is 474. The summed E-state index contributed by atoms with van der Waals surface area (Å²) in [7, 11) is 2.17. The Kier molecular flexibility index (Phi) is 11.2. The van der Waals surface area contributed by atoms with Crippen molar-refractivity contribution < 1.29 is 0 Å². The molecule has 1 nitrogen and oxygen atoms in total. The molecule has 0 N–H and O–H groups in total. The lowest BCUT2D eigenvalue weighted by atomic mass is 9.84. The molecular weight excluding hydrogens is 290 g/mol. The van der Waals surface area contributed by atoms with Gasteiger partial charge in [-0.2, -0.15) is 0 Å². The average Bonchev–Trinajstić information content (AvgIpc) is 2.53. The van der Waals surface area contributed by atoms with Crippen molar-refractivity contribution in [2.45, 2.75) is 66.7 Å². The lowest BCUT2D eigenvalue weighted by Crippen LogP contribution is -2.28. The summed E-state index contributed by atoms with van der Waals surface area (Å²) in [5, 5.41) is 0. The van der Waals surface area contributed by atoms with Crippen molar-refractivity contribution in [1.29, 1.82) is 0 Å². The first-order valence-corrected chi connectivity index (χ1v) is 9.42. The van der Waals surface area contributed by atoms with Gasteiger partial charge in [0, 0.05) is 24.7 Å². The smallest absolute Gasteiger partial charge is 0.0190 e. The highest BCUT2D eigenvalue weighted by Gasteiger charge is 2.23. The lowest BCUT2D eigenvalue weighted by molar-refractivity contribution is 0.302. The zero-order valence-electron chi connectivity index (χ0n) is 17.0. The number of hydrogen-bond donors (Lipinski definition) is 0. The van der Waals surface area contributed by atoms with Gasteiger partial charge in [-0.3, -0.25) is 0 Å². The van der Waals surface area contributed by atoms with E-state index in [0.29, 0.717) is 0 Å². The molecule has 0 aliphatic rings. The summed E-state index contributed by atoms with van der Waals surface area (Å²) in [6.45, 7) is 20.1. The van der Waals surface area contributed by atoms with Gasteiger partial charge >= 0.3 is 0 Å². The van der Waals surface area contributed by atoms with Crippen LogP contribution in [-0.4, -0.2) is 18.5 Å². The molecule has 1 heteroatoms. The molecule has 0 aromatic carbocycles. The number of rotatable bonds is 12. The second-order valence-electron chi connectivity index (χ2n) is 7.11. The molecule has 0 aliphatic carbocycles. The molecule has 0 heterocycles. The van der Waals surface area contributed by atoms with Gasteiger partial charge in [-0.1, -0.05) is 71.4 Å². The van der Waals surface area contributed by atoms with Crippen LogP contribution in [0.25, 0.3) is 0 Å². The summed E-state index contributed by atoms with van der Waals surface area (Å²) >= 11 is 0. The molecule has 0 spiro atoms. The second-order valence-corrected chi connectivity index (χ2v) is 7.11. The highest BCUT2D eigenvalue weighted by molar-refractivity contribution is 5.33. The Labute approximate surface area is 151 Å². The van der Waals surface area contributed by atoms with Gasteiger partial charge in [-0.15, -0.1) is 6.58 Å². The molecule has 0 fully saturated rings. The molecule has 0 rings (SSSR count). The first-order chi connectivity index (χ1) is 11.4. The normalized spacial score (nSPS) is 13.8. The van der Waals surface area contributed by atoms with Gasteiger partial charge in [-0.05, 0) is 43.4 Å². The molecule has 136 valence electrons. The molecule has 0 aromatic rings. The van der Waals surface area contributed by atoms with E-state index in [2.05, 4.69) is 78.0 Å². The minimum Gasteiger partial charge on any atom is -0.378 e. The van der Waals surface area contributed by atoms with Crippen molar-refractivity contribution >= 4 is 0 Å². The summed E-state index contributed by atoms with van der Waals surface area (Å²) in [4.78, 5) is 2.34. The predicted octanol–water partition coefficient (Wildman–Crippen LogP) is 7.06. The summed E-state index contributed by atoms with van der Waals surface area (Å²) in [6, 6.07) is 0. The van der Waals surface area contributed by atoms with E-state index in [9.17, 15) is 0 Å². The molecular formula is C23H39N. The summed E-state index contributed by atoms with van der Waals surface area (Å²) in [6.07, 6.45) is 16.4. The van der Waals surface area contributed by atoms with Crippen molar-refractivity contribution in [2.75, 3.05) is 13.6 Å². The van der Waals surface area contributed by atoms with Crippen LogP contribution in [0.4, 0.5) is 0 Å². The van der Waals surface area contributed by atoms with Crippen LogP contribution in [0.5, 0.6) is 0 Å². The molecule has 0 bridgehead atoms. The molecule has 0 amide bonds. The van der Waals surface area contributed by atoms with Gasteiger partial charge in [0.15, 0.2) is 0 Å². The van der Waals surface area contributed by atoms with Gasteiger partial charge < -0.3 is 4.90 Å². The van der Waals surface area contributed by atoms with E-state index in [0.717, 1.165) is 38.6 Å². The number of allylic oxidation sites excluding steroid dienone is 8. The summed E-state index contributed by atoms with van der Waals surface area (Å²) in [5.74, 6) is 0. The largest absolute Gasteiger partial charge is 0.378 e. The van der Waals surface area contributed by atoms with Crippen LogP contribution in [0.15, 0.2) is 60.4 Å². The van der Waals surface area contributed by atoms with Crippen LogP contribution >= 0.6 is 0 Å². The van der Waals surface area contributed by atoms with Crippen molar-refractivity contribution in [3.63, 3.8) is 0 Å². The maximum absolute atomic E-state index is 3.96. The fraction of sp³-hybridized carbons (Fsp3) is 0.565. The zero-order valence-corrected chi connectivity index (χ0v) is 17.0. The van der Waals surface area contributed by atoms with Gasteiger partial charge in [0.1, 0.15) is 0 Å². The van der Waals surface area contributed by atoms with Gasteiger partial charge in [0.2, 0.25) is 0 Å². The SMILES string of the molecule is C=CCC(C)(C)/C(=C/C=C(/C=C(/C=C)CCC)CCC)N(C)CC. The number of nitrogens with zero attached hydrogens (tertiary/aromatic N) is 1. The second kappa shape index (κ2) is 11.9. The quantitative estimate of drug-likeness (QED) is 0.273. The van der Waals surface area contributed by atoms with Gasteiger partial charge in [0.05, 0.1) is 0 Å². The van der Waals surface area contributed by atoms with Crippen LogP contribution in [-0.2, 0) is 0 Å². The van der Waals surface area contributed by atoms with Crippen LogP contribution in [0, 0.1) is 5.41 Å². The fourth-order valence-corrected chi connectivity index (χ4v) is 2.94. The van der Waals surface area contributed by atoms with Crippen molar-refractivity contribution in [2.24, 2.45) is 5.41 Å². The van der Waals surface area contributed by atoms with Crippen LogP contribution in [0.3, 0.4) is 0 Å². The highest BCUT2D eigenvalue weighted by atomic mass is 15.1. The lowest BCUT2D eigenvalue weighted by Gasteiger charge is -2.34. The van der Waals surface area contributed by atoms with Crippen molar-refractivity contribution in [3.8, 4) is 0 Å². The Morgan fingerprint density at radius 2 is 1.54 bits per heavy atom. The molecule has 0 radical (unpaired) electrons. The third-order valence-corrected chi connectivity index (χ3v) is 4.40. The Balaban J connectivity index is 5.79. The maximum atomic E-state index is 3.96. The molecule has 0 unspecified atom stereocenters. The third kappa shape index (κ3) is 7.86. The van der Waals surface area contributed by atoms with Crippen LogP contribution in [0.1, 0.15) is 66.7 Å². The molecule has 0 atom stereocenters. The summed E-state index contributed by atoms with van der Waals surface area (Å²) in [5.41, 5.74) is 4.18. The van der Waals surface area contributed by atoms with Crippen molar-refractivity contribution in [1.82, 2.24) is 4.90 Å². The molecule has 0 aromatic heterocycles. The van der Waals surface area contributed by atoms with E-state index >= 15 is 0 Å². The Hall–Kier alpha value is -1.50. The fourth-order valence-electron chi connectivity index (χ4n) is 2.94. The topological polar surface area (TPSA) is 3.24 Å². The predicted molar refractivity (Wildman–Crippen MR) is 111 cm³/mol.